The van der Waals surface area contributed by atoms with Crippen LogP contribution in [0.5, 0.6) is 0 Å². The Labute approximate surface area is 88.8 Å². The minimum absolute atomic E-state index is 0.148. The fourth-order valence-corrected chi connectivity index (χ4v) is 0.832. The summed E-state index contributed by atoms with van der Waals surface area (Å²) in [6, 6.07) is 0. The van der Waals surface area contributed by atoms with E-state index in [1.807, 2.05) is 0 Å². The minimum atomic E-state index is -1.35. The first-order valence-corrected chi connectivity index (χ1v) is 4.58. The zero-order chi connectivity index (χ0) is 12.1. The predicted octanol–water partition coefficient (Wildman–Crippen LogP) is -1.24. The van der Waals surface area contributed by atoms with E-state index in [1.165, 1.54) is 7.11 Å². The molecule has 6 heteroatoms. The SMILES string of the molecule is COC(C)(C)CC(=O)NCC(O)C(N)=O. The van der Waals surface area contributed by atoms with E-state index >= 15 is 0 Å². The Morgan fingerprint density at radius 3 is 2.47 bits per heavy atom. The number of aliphatic hydroxyl groups excluding tert-OH is 1. The van der Waals surface area contributed by atoms with Gasteiger partial charge in [0, 0.05) is 7.11 Å². The van der Waals surface area contributed by atoms with Crippen LogP contribution < -0.4 is 11.1 Å². The number of hydrogen-bond donors (Lipinski definition) is 3. The lowest BCUT2D eigenvalue weighted by molar-refractivity contribution is -0.128. The number of ether oxygens (including phenoxy) is 1. The minimum Gasteiger partial charge on any atom is -0.381 e. The summed E-state index contributed by atoms with van der Waals surface area (Å²) in [5.74, 6) is -1.16. The van der Waals surface area contributed by atoms with Crippen molar-refractivity contribution in [3.8, 4) is 0 Å². The van der Waals surface area contributed by atoms with Crippen molar-refractivity contribution < 1.29 is 19.4 Å². The van der Waals surface area contributed by atoms with Gasteiger partial charge in [0.2, 0.25) is 11.8 Å². The molecular formula is C9H18N2O4. The summed E-state index contributed by atoms with van der Waals surface area (Å²) in [5, 5.41) is 11.4. The number of hydrogen-bond acceptors (Lipinski definition) is 4. The molecule has 4 N–H and O–H groups in total. The van der Waals surface area contributed by atoms with Gasteiger partial charge in [0.15, 0.2) is 0 Å². The third kappa shape index (κ3) is 6.03. The van der Waals surface area contributed by atoms with Crippen molar-refractivity contribution in [1.82, 2.24) is 5.32 Å². The third-order valence-electron chi connectivity index (χ3n) is 1.96. The smallest absolute Gasteiger partial charge is 0.248 e. The van der Waals surface area contributed by atoms with Gasteiger partial charge in [0.25, 0.3) is 0 Å². The molecule has 2 amide bonds. The maximum atomic E-state index is 11.3. The zero-order valence-electron chi connectivity index (χ0n) is 9.24. The van der Waals surface area contributed by atoms with Crippen molar-refractivity contribution in [2.24, 2.45) is 5.73 Å². The van der Waals surface area contributed by atoms with Gasteiger partial charge in [-0.3, -0.25) is 9.59 Å². The molecule has 0 aliphatic heterocycles. The second kappa shape index (κ2) is 5.67. The van der Waals surface area contributed by atoms with Crippen LogP contribution in [-0.4, -0.2) is 42.3 Å². The van der Waals surface area contributed by atoms with Gasteiger partial charge in [-0.25, -0.2) is 0 Å². The average Bonchev–Trinajstić information content (AvgIpc) is 2.13. The fourth-order valence-electron chi connectivity index (χ4n) is 0.832. The first-order valence-electron chi connectivity index (χ1n) is 4.58. The molecule has 6 nitrogen and oxygen atoms in total. The molecule has 15 heavy (non-hydrogen) atoms. The molecular weight excluding hydrogens is 200 g/mol. The summed E-state index contributed by atoms with van der Waals surface area (Å²) < 4.78 is 5.05. The maximum Gasteiger partial charge on any atom is 0.248 e. The summed E-state index contributed by atoms with van der Waals surface area (Å²) in [7, 11) is 1.51. The van der Waals surface area contributed by atoms with Gasteiger partial charge in [0.1, 0.15) is 6.10 Å². The van der Waals surface area contributed by atoms with Crippen LogP contribution in [0.4, 0.5) is 0 Å². The number of amides is 2. The Morgan fingerprint density at radius 2 is 2.07 bits per heavy atom. The summed E-state index contributed by atoms with van der Waals surface area (Å²) in [4.78, 5) is 21.7. The third-order valence-corrected chi connectivity index (χ3v) is 1.96. The highest BCUT2D eigenvalue weighted by atomic mass is 16.5. The van der Waals surface area contributed by atoms with Crippen molar-refractivity contribution in [2.45, 2.75) is 32.0 Å². The number of carbonyl (C=O) groups is 2. The van der Waals surface area contributed by atoms with Crippen LogP contribution in [0, 0.1) is 0 Å². The van der Waals surface area contributed by atoms with Crippen molar-refractivity contribution in [3.63, 3.8) is 0 Å². The lowest BCUT2D eigenvalue weighted by Gasteiger charge is -2.22. The number of primary amides is 1. The summed E-state index contributed by atoms with van der Waals surface area (Å²) in [6.45, 7) is 3.35. The summed E-state index contributed by atoms with van der Waals surface area (Å²) >= 11 is 0. The van der Waals surface area contributed by atoms with E-state index in [9.17, 15) is 9.59 Å². The first kappa shape index (κ1) is 13.9. The Hall–Kier alpha value is -1.14. The van der Waals surface area contributed by atoms with Crippen molar-refractivity contribution in [2.75, 3.05) is 13.7 Å². The van der Waals surface area contributed by atoms with E-state index in [2.05, 4.69) is 5.32 Å². The molecule has 0 aromatic heterocycles. The molecule has 0 fully saturated rings. The number of rotatable bonds is 6. The van der Waals surface area contributed by atoms with E-state index in [0.717, 1.165) is 0 Å². The molecule has 0 aliphatic rings. The van der Waals surface area contributed by atoms with Crippen LogP contribution in [0.2, 0.25) is 0 Å². The van der Waals surface area contributed by atoms with Gasteiger partial charge in [-0.1, -0.05) is 0 Å². The summed E-state index contributed by atoms with van der Waals surface area (Å²) in [5.41, 5.74) is 4.24. The predicted molar refractivity (Wildman–Crippen MR) is 53.9 cm³/mol. The van der Waals surface area contributed by atoms with Crippen LogP contribution in [-0.2, 0) is 14.3 Å². The molecule has 0 radical (unpaired) electrons. The summed E-state index contributed by atoms with van der Waals surface area (Å²) in [6.07, 6.45) is -1.20. The van der Waals surface area contributed by atoms with E-state index in [-0.39, 0.29) is 18.9 Å². The maximum absolute atomic E-state index is 11.3. The molecule has 0 saturated carbocycles. The monoisotopic (exact) mass is 218 g/mol. The lowest BCUT2D eigenvalue weighted by Crippen LogP contribution is -2.42. The molecule has 0 aromatic carbocycles. The molecule has 0 saturated heterocycles. The zero-order valence-corrected chi connectivity index (χ0v) is 9.24. The normalized spacial score (nSPS) is 13.3. The van der Waals surface area contributed by atoms with Crippen LogP contribution in [0.15, 0.2) is 0 Å². The molecule has 0 rings (SSSR count). The number of nitrogens with one attached hydrogen (secondary N) is 1. The van der Waals surface area contributed by atoms with Crippen molar-refractivity contribution in [1.29, 1.82) is 0 Å². The van der Waals surface area contributed by atoms with Crippen molar-refractivity contribution >= 4 is 11.8 Å². The Kier molecular flexibility index (Phi) is 5.24. The van der Waals surface area contributed by atoms with Gasteiger partial charge in [-0.2, -0.15) is 0 Å². The largest absolute Gasteiger partial charge is 0.381 e. The highest BCUT2D eigenvalue weighted by Crippen LogP contribution is 2.11. The standard InChI is InChI=1S/C9H18N2O4/c1-9(2,15-3)4-7(13)11-5-6(12)8(10)14/h6,12H,4-5H2,1-3H3,(H2,10,14)(H,11,13). The van der Waals surface area contributed by atoms with Gasteiger partial charge < -0.3 is 20.9 Å². The first-order chi connectivity index (χ1) is 6.78. The molecule has 88 valence electrons. The quantitative estimate of drug-likeness (QED) is 0.519. The molecule has 0 aromatic rings. The van der Waals surface area contributed by atoms with Gasteiger partial charge in [-0.15, -0.1) is 0 Å². The Balaban J connectivity index is 3.91. The van der Waals surface area contributed by atoms with Gasteiger partial charge in [0.05, 0.1) is 18.6 Å². The number of carbonyl (C=O) groups excluding carboxylic acids is 2. The van der Waals surface area contributed by atoms with Gasteiger partial charge in [-0.05, 0) is 13.8 Å². The number of methoxy groups -OCH3 is 1. The van der Waals surface area contributed by atoms with Crippen LogP contribution in [0.25, 0.3) is 0 Å². The molecule has 1 atom stereocenters. The molecule has 1 unspecified atom stereocenters. The molecule has 0 heterocycles. The Morgan fingerprint density at radius 1 is 1.53 bits per heavy atom. The molecule has 0 aliphatic carbocycles. The van der Waals surface area contributed by atoms with Crippen LogP contribution in [0.3, 0.4) is 0 Å². The second-order valence-electron chi connectivity index (χ2n) is 3.86. The average molecular weight is 218 g/mol. The highest BCUT2D eigenvalue weighted by Gasteiger charge is 2.21. The highest BCUT2D eigenvalue weighted by molar-refractivity contribution is 5.81. The van der Waals surface area contributed by atoms with E-state index in [0.29, 0.717) is 0 Å². The van der Waals surface area contributed by atoms with Crippen LogP contribution >= 0.6 is 0 Å². The van der Waals surface area contributed by atoms with E-state index in [4.69, 9.17) is 15.6 Å². The Bertz CT molecular complexity index is 240. The number of nitrogens with two attached hydrogens (primary N) is 1. The van der Waals surface area contributed by atoms with Crippen molar-refractivity contribution in [3.05, 3.63) is 0 Å². The topological polar surface area (TPSA) is 102 Å². The second-order valence-corrected chi connectivity index (χ2v) is 3.86. The van der Waals surface area contributed by atoms with Gasteiger partial charge >= 0.3 is 0 Å². The lowest BCUT2D eigenvalue weighted by atomic mass is 10.1. The number of aliphatic hydroxyl groups is 1. The van der Waals surface area contributed by atoms with E-state index < -0.39 is 17.6 Å². The fraction of sp³-hybridized carbons (Fsp3) is 0.778. The molecule has 0 spiro atoms. The van der Waals surface area contributed by atoms with Crippen LogP contribution in [0.1, 0.15) is 20.3 Å². The molecule has 0 bridgehead atoms. The van der Waals surface area contributed by atoms with E-state index in [1.54, 1.807) is 13.8 Å².